The van der Waals surface area contributed by atoms with Crippen LogP contribution in [0.4, 0.5) is 4.39 Å². The minimum absolute atomic E-state index is 0. The molecule has 0 radical (unpaired) electrons. The Bertz CT molecular complexity index is 513. The molecule has 2 rings (SSSR count). The minimum Gasteiger partial charge on any atom is -0.343 e. The molecular weight excluding hydrogens is 297 g/mol. The van der Waals surface area contributed by atoms with Gasteiger partial charge in [0, 0.05) is 31.2 Å². The zero-order valence-electron chi connectivity index (χ0n) is 11.8. The number of piperazine rings is 1. The lowest BCUT2D eigenvalue weighted by Crippen LogP contribution is -2.53. The highest BCUT2D eigenvalue weighted by Gasteiger charge is 2.20. The largest absolute Gasteiger partial charge is 0.343 e. The van der Waals surface area contributed by atoms with Gasteiger partial charge in [0.05, 0.1) is 6.54 Å². The molecule has 0 spiro atoms. The molecule has 1 saturated heterocycles. The molecule has 116 valence electrons. The van der Waals surface area contributed by atoms with Gasteiger partial charge in [0.2, 0.25) is 5.91 Å². The number of carbonyl (C=O) groups excluding carboxylic acids is 2. The molecule has 1 aromatic rings. The number of hydrogen-bond donors (Lipinski definition) is 2. The van der Waals surface area contributed by atoms with Gasteiger partial charge in [-0.15, -0.1) is 12.4 Å². The van der Waals surface area contributed by atoms with Gasteiger partial charge in [-0.1, -0.05) is 6.07 Å². The molecule has 1 aliphatic rings. The van der Waals surface area contributed by atoms with Crippen LogP contribution in [0.1, 0.15) is 17.3 Å². The first-order valence-corrected chi connectivity index (χ1v) is 6.61. The van der Waals surface area contributed by atoms with Crippen LogP contribution >= 0.6 is 12.4 Å². The first-order chi connectivity index (χ1) is 9.56. The lowest BCUT2D eigenvalue weighted by Gasteiger charge is -2.31. The molecule has 21 heavy (non-hydrogen) atoms. The average molecular weight is 316 g/mol. The number of nitrogens with one attached hydrogen (secondary N) is 2. The third kappa shape index (κ3) is 4.99. The third-order valence-corrected chi connectivity index (χ3v) is 3.21. The molecule has 2 amide bonds. The first-order valence-electron chi connectivity index (χ1n) is 6.61. The van der Waals surface area contributed by atoms with Crippen LogP contribution in [-0.4, -0.2) is 48.9 Å². The highest BCUT2D eigenvalue weighted by molar-refractivity contribution is 5.96. The summed E-state index contributed by atoms with van der Waals surface area (Å²) in [5.41, 5.74) is 0.214. The quantitative estimate of drug-likeness (QED) is 0.867. The molecule has 1 aromatic carbocycles. The van der Waals surface area contributed by atoms with E-state index in [2.05, 4.69) is 10.6 Å². The van der Waals surface area contributed by atoms with Crippen molar-refractivity contribution in [1.82, 2.24) is 15.5 Å². The zero-order valence-corrected chi connectivity index (χ0v) is 12.6. The Morgan fingerprint density at radius 2 is 2.24 bits per heavy atom. The van der Waals surface area contributed by atoms with Crippen molar-refractivity contribution in [1.29, 1.82) is 0 Å². The maximum atomic E-state index is 13.0. The lowest BCUT2D eigenvalue weighted by molar-refractivity contribution is -0.131. The first kappa shape index (κ1) is 17.4. The number of rotatable bonds is 3. The Morgan fingerprint density at radius 1 is 1.48 bits per heavy atom. The molecule has 1 atom stereocenters. The summed E-state index contributed by atoms with van der Waals surface area (Å²) in [6.07, 6.45) is 0. The van der Waals surface area contributed by atoms with Gasteiger partial charge in [0.1, 0.15) is 5.82 Å². The van der Waals surface area contributed by atoms with Gasteiger partial charge >= 0.3 is 0 Å². The Morgan fingerprint density at radius 3 is 2.90 bits per heavy atom. The van der Waals surface area contributed by atoms with Crippen LogP contribution in [0, 0.1) is 5.82 Å². The number of hydrogen-bond acceptors (Lipinski definition) is 3. The summed E-state index contributed by atoms with van der Waals surface area (Å²) in [6.45, 7) is 3.96. The molecule has 0 saturated carbocycles. The monoisotopic (exact) mass is 315 g/mol. The van der Waals surface area contributed by atoms with Crippen LogP contribution in [0.2, 0.25) is 0 Å². The van der Waals surface area contributed by atoms with E-state index in [-0.39, 0.29) is 36.5 Å². The van der Waals surface area contributed by atoms with Crippen LogP contribution in [-0.2, 0) is 4.79 Å². The summed E-state index contributed by atoms with van der Waals surface area (Å²) in [5.74, 6) is -1.04. The van der Waals surface area contributed by atoms with Crippen LogP contribution in [0.25, 0.3) is 0 Å². The normalized spacial score (nSPS) is 17.8. The Balaban J connectivity index is 0.00000220. The summed E-state index contributed by atoms with van der Waals surface area (Å²) in [7, 11) is 0. The molecule has 1 aliphatic heterocycles. The van der Waals surface area contributed by atoms with Crippen molar-refractivity contribution < 1.29 is 14.0 Å². The third-order valence-electron chi connectivity index (χ3n) is 3.21. The summed E-state index contributed by atoms with van der Waals surface area (Å²) in [5, 5.41) is 5.76. The lowest BCUT2D eigenvalue weighted by atomic mass is 10.2. The highest BCUT2D eigenvalue weighted by Crippen LogP contribution is 2.03. The highest BCUT2D eigenvalue weighted by atomic mass is 35.5. The number of carbonyl (C=O) groups is 2. The second kappa shape index (κ2) is 7.95. The van der Waals surface area contributed by atoms with E-state index in [1.54, 1.807) is 4.90 Å². The van der Waals surface area contributed by atoms with Crippen LogP contribution < -0.4 is 10.6 Å². The maximum Gasteiger partial charge on any atom is 0.251 e. The fraction of sp³-hybridized carbons (Fsp3) is 0.429. The van der Waals surface area contributed by atoms with E-state index in [4.69, 9.17) is 0 Å². The maximum absolute atomic E-state index is 13.0. The summed E-state index contributed by atoms with van der Waals surface area (Å²) in [4.78, 5) is 25.5. The zero-order chi connectivity index (χ0) is 14.5. The van der Waals surface area contributed by atoms with Gasteiger partial charge < -0.3 is 15.5 Å². The molecule has 5 nitrogen and oxygen atoms in total. The predicted molar refractivity (Wildman–Crippen MR) is 80.0 cm³/mol. The van der Waals surface area contributed by atoms with Gasteiger partial charge in [-0.2, -0.15) is 0 Å². The standard InChI is InChI=1S/C14H18FN3O2.ClH/c1-10-9-18(6-5-16-10)13(19)8-17-14(20)11-3-2-4-12(15)7-11;/h2-4,7,10,16H,5-6,8-9H2,1H3,(H,17,20);1H/t10-;/m1./s1. The van der Waals surface area contributed by atoms with E-state index in [1.165, 1.54) is 18.2 Å². The summed E-state index contributed by atoms with van der Waals surface area (Å²) < 4.78 is 13.0. The van der Waals surface area contributed by atoms with E-state index >= 15 is 0 Å². The fourth-order valence-electron chi connectivity index (χ4n) is 2.16. The number of halogens is 2. The van der Waals surface area contributed by atoms with Crippen LogP contribution in [0.5, 0.6) is 0 Å². The second-order valence-electron chi connectivity index (χ2n) is 4.89. The number of amides is 2. The van der Waals surface area contributed by atoms with E-state index in [0.717, 1.165) is 12.6 Å². The van der Waals surface area contributed by atoms with Gasteiger partial charge in [-0.05, 0) is 25.1 Å². The van der Waals surface area contributed by atoms with Crippen molar-refractivity contribution in [3.8, 4) is 0 Å². The van der Waals surface area contributed by atoms with Gasteiger partial charge in [0.25, 0.3) is 5.91 Å². The number of benzene rings is 1. The Labute approximate surface area is 129 Å². The Hall–Kier alpha value is -1.66. The molecule has 0 bridgehead atoms. The van der Waals surface area contributed by atoms with Crippen molar-refractivity contribution in [2.75, 3.05) is 26.2 Å². The summed E-state index contributed by atoms with van der Waals surface area (Å²) >= 11 is 0. The summed E-state index contributed by atoms with van der Waals surface area (Å²) in [6, 6.07) is 5.64. The SMILES string of the molecule is C[C@@H]1CN(C(=O)CNC(=O)c2cccc(F)c2)CCN1.Cl. The predicted octanol–water partition coefficient (Wildman–Crippen LogP) is 0.798. The molecular formula is C14H19ClFN3O2. The molecule has 1 fully saturated rings. The van der Waals surface area contributed by atoms with Crippen molar-refractivity contribution in [3.05, 3.63) is 35.6 Å². The van der Waals surface area contributed by atoms with E-state index in [9.17, 15) is 14.0 Å². The molecule has 2 N–H and O–H groups in total. The van der Waals surface area contributed by atoms with Crippen molar-refractivity contribution >= 4 is 24.2 Å². The smallest absolute Gasteiger partial charge is 0.251 e. The van der Waals surface area contributed by atoms with E-state index in [1.807, 2.05) is 6.92 Å². The van der Waals surface area contributed by atoms with Crippen LogP contribution in [0.3, 0.4) is 0 Å². The minimum atomic E-state index is -0.472. The average Bonchev–Trinajstić information content (AvgIpc) is 2.44. The van der Waals surface area contributed by atoms with Crippen molar-refractivity contribution in [2.45, 2.75) is 13.0 Å². The molecule has 7 heteroatoms. The molecule has 1 heterocycles. The topological polar surface area (TPSA) is 61.4 Å². The van der Waals surface area contributed by atoms with Gasteiger partial charge in [0.15, 0.2) is 0 Å². The fourth-order valence-corrected chi connectivity index (χ4v) is 2.16. The van der Waals surface area contributed by atoms with Crippen molar-refractivity contribution in [2.24, 2.45) is 0 Å². The number of nitrogens with zero attached hydrogens (tertiary/aromatic N) is 1. The second-order valence-corrected chi connectivity index (χ2v) is 4.89. The Kier molecular flexibility index (Phi) is 6.58. The van der Waals surface area contributed by atoms with Crippen molar-refractivity contribution in [3.63, 3.8) is 0 Å². The van der Waals surface area contributed by atoms with Gasteiger partial charge in [-0.25, -0.2) is 4.39 Å². The molecule has 0 aromatic heterocycles. The van der Waals surface area contributed by atoms with E-state index in [0.29, 0.717) is 13.1 Å². The molecule has 0 aliphatic carbocycles. The van der Waals surface area contributed by atoms with Gasteiger partial charge in [-0.3, -0.25) is 9.59 Å². The van der Waals surface area contributed by atoms with Crippen LogP contribution in [0.15, 0.2) is 24.3 Å². The molecule has 0 unspecified atom stereocenters. The van der Waals surface area contributed by atoms with E-state index < -0.39 is 11.7 Å².